The molecule has 0 saturated carbocycles. The van der Waals surface area contributed by atoms with E-state index in [1.165, 1.54) is 11.3 Å². The summed E-state index contributed by atoms with van der Waals surface area (Å²) in [6.45, 7) is 8.21. The highest BCUT2D eigenvalue weighted by Crippen LogP contribution is 2.23. The second-order valence-electron chi connectivity index (χ2n) is 6.28. The van der Waals surface area contributed by atoms with Crippen LogP contribution < -0.4 is 9.80 Å². The molecule has 2 heterocycles. The van der Waals surface area contributed by atoms with Crippen molar-refractivity contribution < 1.29 is 4.79 Å². The van der Waals surface area contributed by atoms with Gasteiger partial charge < -0.3 is 9.80 Å². The van der Waals surface area contributed by atoms with Crippen molar-refractivity contribution in [1.29, 1.82) is 0 Å². The van der Waals surface area contributed by atoms with Crippen molar-refractivity contribution in [3.8, 4) is 0 Å². The fraction of sp³-hybridized carbons (Fsp3) is 0.286. The van der Waals surface area contributed by atoms with Crippen molar-refractivity contribution in [2.75, 3.05) is 22.9 Å². The summed E-state index contributed by atoms with van der Waals surface area (Å²) < 4.78 is 0. The summed E-state index contributed by atoms with van der Waals surface area (Å²) in [5, 5.41) is 3.28. The normalized spacial score (nSPS) is 10.7. The van der Waals surface area contributed by atoms with Gasteiger partial charge in [0.15, 0.2) is 0 Å². The molecule has 3 aromatic rings. The molecule has 0 bridgehead atoms. The highest BCUT2D eigenvalue weighted by Gasteiger charge is 2.21. The summed E-state index contributed by atoms with van der Waals surface area (Å²) in [5.74, 6) is 0.761. The van der Waals surface area contributed by atoms with Crippen molar-refractivity contribution in [2.45, 2.75) is 27.3 Å². The molecule has 0 fully saturated rings. The maximum absolute atomic E-state index is 13.2. The van der Waals surface area contributed by atoms with E-state index in [0.29, 0.717) is 17.3 Å². The molecular weight excluding hydrogens is 392 g/mol. The van der Waals surface area contributed by atoms with E-state index in [1.54, 1.807) is 22.4 Å². The molecule has 0 unspecified atom stereocenters. The zero-order valence-corrected chi connectivity index (χ0v) is 17.8. The number of pyridine rings is 1. The highest BCUT2D eigenvalue weighted by atomic mass is 35.5. The van der Waals surface area contributed by atoms with Crippen molar-refractivity contribution in [1.82, 2.24) is 9.97 Å². The molecule has 0 aliphatic carbocycles. The Balaban J connectivity index is 1.94. The van der Waals surface area contributed by atoms with Crippen LogP contribution in [0.1, 0.15) is 35.0 Å². The van der Waals surface area contributed by atoms with E-state index in [-0.39, 0.29) is 5.91 Å². The van der Waals surface area contributed by atoms with Crippen LogP contribution in [-0.4, -0.2) is 29.0 Å². The molecule has 0 spiro atoms. The van der Waals surface area contributed by atoms with Gasteiger partial charge in [-0.15, -0.1) is 11.3 Å². The second kappa shape index (κ2) is 9.17. The van der Waals surface area contributed by atoms with Crippen LogP contribution in [-0.2, 0) is 6.54 Å². The molecular formula is C21H23ClN4OS. The van der Waals surface area contributed by atoms with E-state index in [9.17, 15) is 4.79 Å². The summed E-state index contributed by atoms with van der Waals surface area (Å²) >= 11 is 7.50. The molecule has 2 aromatic heterocycles. The van der Waals surface area contributed by atoms with Gasteiger partial charge in [-0.2, -0.15) is 0 Å². The largest absolute Gasteiger partial charge is 0.357 e. The number of hydrogen-bond donors (Lipinski definition) is 0. The van der Waals surface area contributed by atoms with Gasteiger partial charge in [0.05, 0.1) is 17.2 Å². The van der Waals surface area contributed by atoms with E-state index in [2.05, 4.69) is 23.7 Å². The number of halogens is 1. The number of thiazole rings is 1. The lowest BCUT2D eigenvalue weighted by Gasteiger charge is -2.24. The van der Waals surface area contributed by atoms with Crippen molar-refractivity contribution in [3.63, 3.8) is 0 Å². The molecule has 0 aliphatic heterocycles. The first kappa shape index (κ1) is 20.3. The maximum atomic E-state index is 13.2. The molecule has 0 saturated heterocycles. The predicted octanol–water partition coefficient (Wildman–Crippen LogP) is 5.19. The van der Waals surface area contributed by atoms with Gasteiger partial charge >= 0.3 is 0 Å². The van der Waals surface area contributed by atoms with Gasteiger partial charge in [0.2, 0.25) is 0 Å². The molecule has 7 heteroatoms. The van der Waals surface area contributed by atoms with Crippen LogP contribution in [0.4, 0.5) is 11.5 Å². The first-order chi connectivity index (χ1) is 13.5. The quantitative estimate of drug-likeness (QED) is 0.533. The van der Waals surface area contributed by atoms with Crippen LogP contribution in [0.5, 0.6) is 0 Å². The Morgan fingerprint density at radius 1 is 1.07 bits per heavy atom. The molecule has 0 atom stereocenters. The minimum atomic E-state index is -0.151. The first-order valence-electron chi connectivity index (χ1n) is 9.22. The molecule has 28 heavy (non-hydrogen) atoms. The maximum Gasteiger partial charge on any atom is 0.278 e. The van der Waals surface area contributed by atoms with Gasteiger partial charge in [0.25, 0.3) is 5.91 Å². The topological polar surface area (TPSA) is 49.3 Å². The lowest BCUT2D eigenvalue weighted by atomic mass is 10.2. The Hall–Kier alpha value is -2.44. The number of carbonyl (C=O) groups excluding carboxylic acids is 1. The molecule has 0 aliphatic rings. The summed E-state index contributed by atoms with van der Waals surface area (Å²) in [4.78, 5) is 26.2. The third-order valence-corrected chi connectivity index (χ3v) is 5.45. The summed E-state index contributed by atoms with van der Waals surface area (Å²) in [5.41, 5.74) is 2.02. The zero-order chi connectivity index (χ0) is 20.1. The minimum absolute atomic E-state index is 0.151. The number of aryl methyl sites for hydroxylation is 1. The number of carbonyl (C=O) groups is 1. The van der Waals surface area contributed by atoms with Gasteiger partial charge in [0, 0.05) is 29.2 Å². The van der Waals surface area contributed by atoms with Crippen molar-refractivity contribution in [3.05, 3.63) is 69.3 Å². The monoisotopic (exact) mass is 414 g/mol. The molecule has 0 radical (unpaired) electrons. The van der Waals surface area contributed by atoms with E-state index in [4.69, 9.17) is 16.6 Å². The van der Waals surface area contributed by atoms with Crippen molar-refractivity contribution >= 4 is 40.4 Å². The fourth-order valence-corrected chi connectivity index (χ4v) is 3.65. The Bertz CT molecular complexity index is 938. The predicted molar refractivity (Wildman–Crippen MR) is 117 cm³/mol. The number of nitrogens with zero attached hydrogens (tertiary/aromatic N) is 4. The Kier molecular flexibility index (Phi) is 6.65. The number of hydrogen-bond acceptors (Lipinski definition) is 5. The molecule has 0 N–H and O–H groups in total. The molecule has 1 amide bonds. The van der Waals surface area contributed by atoms with Gasteiger partial charge in [-0.25, -0.2) is 9.97 Å². The Morgan fingerprint density at radius 3 is 2.39 bits per heavy atom. The Morgan fingerprint density at radius 2 is 1.79 bits per heavy atom. The third kappa shape index (κ3) is 4.69. The number of anilines is 2. The van der Waals surface area contributed by atoms with Crippen molar-refractivity contribution in [2.24, 2.45) is 0 Å². The van der Waals surface area contributed by atoms with Gasteiger partial charge in [0.1, 0.15) is 11.5 Å². The molecule has 146 valence electrons. The van der Waals surface area contributed by atoms with Crippen LogP contribution in [0, 0.1) is 6.92 Å². The SMILES string of the molecule is CCN(CC)c1cccc(CN(C(=O)c2csc(C)n2)c2ccc(Cl)cc2)n1. The summed E-state index contributed by atoms with van der Waals surface area (Å²) in [7, 11) is 0. The molecule has 1 aromatic carbocycles. The summed E-state index contributed by atoms with van der Waals surface area (Å²) in [6, 6.07) is 13.2. The standard InChI is InChI=1S/C21H23ClN4OS/c1-4-25(5-2)20-8-6-7-17(24-20)13-26(18-11-9-16(22)10-12-18)21(27)19-14-28-15(3)23-19/h6-12,14H,4-5,13H2,1-3H3. The highest BCUT2D eigenvalue weighted by molar-refractivity contribution is 7.09. The van der Waals surface area contributed by atoms with E-state index >= 15 is 0 Å². The number of aromatic nitrogens is 2. The van der Waals surface area contributed by atoms with Crippen LogP contribution in [0.3, 0.4) is 0 Å². The number of amides is 1. The van der Waals surface area contributed by atoms with Gasteiger partial charge in [-0.1, -0.05) is 17.7 Å². The number of benzene rings is 1. The minimum Gasteiger partial charge on any atom is -0.357 e. The van der Waals surface area contributed by atoms with Crippen LogP contribution in [0.2, 0.25) is 5.02 Å². The van der Waals surface area contributed by atoms with E-state index in [0.717, 1.165) is 35.3 Å². The fourth-order valence-electron chi connectivity index (χ4n) is 2.94. The van der Waals surface area contributed by atoms with Crippen LogP contribution in [0.15, 0.2) is 47.8 Å². The van der Waals surface area contributed by atoms with E-state index < -0.39 is 0 Å². The van der Waals surface area contributed by atoms with Crippen LogP contribution >= 0.6 is 22.9 Å². The zero-order valence-electron chi connectivity index (χ0n) is 16.2. The smallest absolute Gasteiger partial charge is 0.278 e. The average Bonchev–Trinajstić information content (AvgIpc) is 3.14. The third-order valence-electron chi connectivity index (χ3n) is 4.42. The van der Waals surface area contributed by atoms with Crippen LogP contribution in [0.25, 0.3) is 0 Å². The molecule has 3 rings (SSSR count). The average molecular weight is 415 g/mol. The lowest BCUT2D eigenvalue weighted by Crippen LogP contribution is -2.31. The summed E-state index contributed by atoms with van der Waals surface area (Å²) in [6.07, 6.45) is 0. The molecule has 5 nitrogen and oxygen atoms in total. The lowest BCUT2D eigenvalue weighted by molar-refractivity contribution is 0.0980. The van der Waals surface area contributed by atoms with E-state index in [1.807, 2.05) is 37.3 Å². The number of rotatable bonds is 7. The van der Waals surface area contributed by atoms with Gasteiger partial charge in [-0.05, 0) is 57.2 Å². The Labute approximate surface area is 174 Å². The first-order valence-corrected chi connectivity index (χ1v) is 10.5. The van der Waals surface area contributed by atoms with Gasteiger partial charge in [-0.3, -0.25) is 4.79 Å². The second-order valence-corrected chi connectivity index (χ2v) is 7.78.